The normalized spacial score (nSPS) is 18.5. The van der Waals surface area contributed by atoms with E-state index in [0.29, 0.717) is 11.8 Å². The quantitative estimate of drug-likeness (QED) is 0.342. The van der Waals surface area contributed by atoms with Gasteiger partial charge in [-0.25, -0.2) is 4.79 Å². The first-order valence-electron chi connectivity index (χ1n) is 8.12. The number of carbonyl (C=O) groups is 2. The molecule has 1 saturated heterocycles. The Hall–Kier alpha value is -2.45. The van der Waals surface area contributed by atoms with E-state index in [9.17, 15) is 9.59 Å². The number of rotatable bonds is 7. The van der Waals surface area contributed by atoms with Crippen LogP contribution in [-0.4, -0.2) is 36.5 Å². The van der Waals surface area contributed by atoms with E-state index in [1.54, 1.807) is 6.21 Å². The van der Waals surface area contributed by atoms with Crippen LogP contribution in [0.2, 0.25) is 0 Å². The second kappa shape index (κ2) is 9.88. The number of amides is 1. The predicted molar refractivity (Wildman–Crippen MR) is 102 cm³/mol. The van der Waals surface area contributed by atoms with Crippen LogP contribution in [0.25, 0.3) is 0 Å². The van der Waals surface area contributed by atoms with E-state index in [0.717, 1.165) is 35.4 Å². The van der Waals surface area contributed by atoms with E-state index in [4.69, 9.17) is 4.74 Å². The minimum atomic E-state index is -0.595. The number of ether oxygens (including phenoxy) is 2. The van der Waals surface area contributed by atoms with Gasteiger partial charge in [0.05, 0.1) is 30.9 Å². The summed E-state index contributed by atoms with van der Waals surface area (Å²) in [4.78, 5) is 23.2. The van der Waals surface area contributed by atoms with Crippen molar-refractivity contribution in [1.82, 2.24) is 5.32 Å². The molecule has 1 amide bonds. The van der Waals surface area contributed by atoms with Crippen molar-refractivity contribution in [3.63, 3.8) is 0 Å². The summed E-state index contributed by atoms with van der Waals surface area (Å²) < 4.78 is 10.3. The molecular formula is C18H21N3O4S. The number of hydrogen-bond donors (Lipinski definition) is 1. The molecule has 0 aromatic heterocycles. The van der Waals surface area contributed by atoms with Crippen molar-refractivity contribution in [1.29, 1.82) is 0 Å². The van der Waals surface area contributed by atoms with Crippen LogP contribution in [-0.2, 0) is 25.7 Å². The maximum Gasteiger partial charge on any atom is 0.331 e. The van der Waals surface area contributed by atoms with E-state index in [1.165, 1.54) is 7.11 Å². The highest BCUT2D eigenvalue weighted by Crippen LogP contribution is 2.23. The van der Waals surface area contributed by atoms with Crippen LogP contribution >= 0.6 is 11.8 Å². The zero-order valence-electron chi connectivity index (χ0n) is 14.9. The molecule has 1 aliphatic rings. The number of thioether (sulfide) groups is 1. The molecular weight excluding hydrogens is 354 g/mol. The average molecular weight is 375 g/mol. The number of methoxy groups -OCH3 is 1. The zero-order chi connectivity index (χ0) is 18.9. The van der Waals surface area contributed by atoms with Gasteiger partial charge in [-0.1, -0.05) is 31.2 Å². The molecule has 1 aromatic carbocycles. The van der Waals surface area contributed by atoms with Crippen LogP contribution in [0.4, 0.5) is 0 Å². The molecule has 1 fully saturated rings. The van der Waals surface area contributed by atoms with Crippen molar-refractivity contribution in [2.45, 2.75) is 33.0 Å². The van der Waals surface area contributed by atoms with Crippen LogP contribution in [0.5, 0.6) is 0 Å². The van der Waals surface area contributed by atoms with Gasteiger partial charge in [0.1, 0.15) is 0 Å². The molecule has 8 heteroatoms. The molecule has 0 saturated carbocycles. The molecule has 1 atom stereocenters. The molecule has 138 valence electrons. The molecule has 0 spiro atoms. The first kappa shape index (κ1) is 19.9. The van der Waals surface area contributed by atoms with Gasteiger partial charge in [-0.3, -0.25) is 10.1 Å². The maximum absolute atomic E-state index is 11.7. The minimum Gasteiger partial charge on any atom is -0.466 e. The third kappa shape index (κ3) is 5.82. The van der Waals surface area contributed by atoms with E-state index in [-0.39, 0.29) is 11.0 Å². The molecule has 0 bridgehead atoms. The van der Waals surface area contributed by atoms with Crippen LogP contribution in [0.1, 0.15) is 31.4 Å². The van der Waals surface area contributed by atoms with Crippen molar-refractivity contribution in [3.8, 4) is 0 Å². The van der Waals surface area contributed by atoms with E-state index in [2.05, 4.69) is 27.2 Å². The number of carbonyl (C=O) groups excluding carboxylic acids is 2. The Morgan fingerprint density at radius 3 is 2.88 bits per heavy atom. The Morgan fingerprint density at radius 1 is 1.38 bits per heavy atom. The Bertz CT molecular complexity index is 759. The lowest BCUT2D eigenvalue weighted by atomic mass is 10.1. The summed E-state index contributed by atoms with van der Waals surface area (Å²) in [6.07, 6.45) is 3.86. The van der Waals surface area contributed by atoms with Gasteiger partial charge in [0.2, 0.25) is 0 Å². The average Bonchev–Trinajstić information content (AvgIpc) is 2.99. The molecule has 1 aliphatic heterocycles. The SMILES string of the molecule is CCC(C)OCc1ccccc1C=N/N=C1/NC(=O)/C(=C\C(=O)OC)S1. The van der Waals surface area contributed by atoms with Gasteiger partial charge >= 0.3 is 5.97 Å². The number of amidine groups is 1. The van der Waals surface area contributed by atoms with Crippen LogP contribution in [0, 0.1) is 0 Å². The third-order valence-electron chi connectivity index (χ3n) is 3.60. The Labute approximate surface area is 156 Å². The van der Waals surface area contributed by atoms with Gasteiger partial charge in [0.25, 0.3) is 5.91 Å². The fraction of sp³-hybridized carbons (Fsp3) is 0.333. The number of nitrogens with one attached hydrogen (secondary N) is 1. The summed E-state index contributed by atoms with van der Waals surface area (Å²) in [5, 5.41) is 10.9. The van der Waals surface area contributed by atoms with Crippen LogP contribution in [0.3, 0.4) is 0 Å². The summed E-state index contributed by atoms with van der Waals surface area (Å²) >= 11 is 1.03. The topological polar surface area (TPSA) is 89.4 Å². The maximum atomic E-state index is 11.7. The summed E-state index contributed by atoms with van der Waals surface area (Å²) in [5.41, 5.74) is 1.89. The minimum absolute atomic E-state index is 0.186. The number of esters is 1. The summed E-state index contributed by atoms with van der Waals surface area (Å²) in [6, 6.07) is 7.74. The molecule has 7 nitrogen and oxygen atoms in total. The van der Waals surface area contributed by atoms with Gasteiger partial charge in [0.15, 0.2) is 5.17 Å². The lowest BCUT2D eigenvalue weighted by molar-refractivity contribution is -0.135. The third-order valence-corrected chi connectivity index (χ3v) is 4.50. The first-order chi connectivity index (χ1) is 12.5. The molecule has 0 aliphatic carbocycles. The number of nitrogens with zero attached hydrogens (tertiary/aromatic N) is 2. The molecule has 1 heterocycles. The summed E-state index contributed by atoms with van der Waals surface area (Å²) in [5.74, 6) is -1.00. The van der Waals surface area contributed by atoms with E-state index < -0.39 is 11.9 Å². The van der Waals surface area contributed by atoms with Gasteiger partial charge in [-0.05, 0) is 30.7 Å². The van der Waals surface area contributed by atoms with Gasteiger partial charge < -0.3 is 9.47 Å². The van der Waals surface area contributed by atoms with Gasteiger partial charge in [0, 0.05) is 11.6 Å². The number of benzene rings is 1. The first-order valence-corrected chi connectivity index (χ1v) is 8.94. The van der Waals surface area contributed by atoms with Crippen LogP contribution in [0.15, 0.2) is 45.4 Å². The molecule has 0 radical (unpaired) electrons. The monoisotopic (exact) mass is 375 g/mol. The van der Waals surface area contributed by atoms with Crippen molar-refractivity contribution >= 4 is 35.0 Å². The lowest BCUT2D eigenvalue weighted by Gasteiger charge is -2.11. The Morgan fingerprint density at radius 2 is 2.15 bits per heavy atom. The lowest BCUT2D eigenvalue weighted by Crippen LogP contribution is -2.19. The van der Waals surface area contributed by atoms with Gasteiger partial charge in [-0.15, -0.1) is 5.10 Å². The zero-order valence-corrected chi connectivity index (χ0v) is 15.7. The molecule has 26 heavy (non-hydrogen) atoms. The standard InChI is InChI=1S/C18H21N3O4S/c1-4-12(2)25-11-14-8-6-5-7-13(14)10-19-21-18-20-17(23)15(26-18)9-16(22)24-3/h5-10,12H,4,11H2,1-3H3,(H,20,21,23)/b15-9+,19-10?. The second-order valence-corrected chi connectivity index (χ2v) is 6.50. The Balaban J connectivity index is 2.04. The highest BCUT2D eigenvalue weighted by atomic mass is 32.2. The largest absolute Gasteiger partial charge is 0.466 e. The molecule has 1 unspecified atom stereocenters. The molecule has 1 N–H and O–H groups in total. The van der Waals surface area contributed by atoms with Crippen molar-refractivity contribution < 1.29 is 19.1 Å². The summed E-state index contributed by atoms with van der Waals surface area (Å²) in [6.45, 7) is 4.60. The fourth-order valence-electron chi connectivity index (χ4n) is 1.93. The van der Waals surface area contributed by atoms with Crippen molar-refractivity contribution in [2.75, 3.05) is 7.11 Å². The van der Waals surface area contributed by atoms with Crippen LogP contribution < -0.4 is 5.32 Å². The highest BCUT2D eigenvalue weighted by molar-refractivity contribution is 8.18. The number of hydrogen-bond acceptors (Lipinski definition) is 7. The predicted octanol–water partition coefficient (Wildman–Crippen LogP) is 2.61. The highest BCUT2D eigenvalue weighted by Gasteiger charge is 2.24. The summed E-state index contributed by atoms with van der Waals surface area (Å²) in [7, 11) is 1.25. The molecule has 1 aromatic rings. The smallest absolute Gasteiger partial charge is 0.331 e. The van der Waals surface area contributed by atoms with E-state index in [1.807, 2.05) is 31.2 Å². The second-order valence-electron chi connectivity index (χ2n) is 5.47. The Kier molecular flexibility index (Phi) is 7.55. The van der Waals surface area contributed by atoms with Crippen molar-refractivity contribution in [3.05, 3.63) is 46.4 Å². The molecule has 2 rings (SSSR count). The van der Waals surface area contributed by atoms with E-state index >= 15 is 0 Å². The fourth-order valence-corrected chi connectivity index (χ4v) is 2.66. The van der Waals surface area contributed by atoms with Gasteiger partial charge in [-0.2, -0.15) is 5.10 Å². The van der Waals surface area contributed by atoms with Crippen molar-refractivity contribution in [2.24, 2.45) is 10.2 Å².